The van der Waals surface area contributed by atoms with Crippen LogP contribution in [0.5, 0.6) is 0 Å². The molecule has 1 aliphatic rings. The van der Waals surface area contributed by atoms with E-state index in [0.29, 0.717) is 13.2 Å². The molecular weight excluding hydrogens is 256 g/mol. The van der Waals surface area contributed by atoms with Gasteiger partial charge >= 0.3 is 0 Å². The molecule has 1 aliphatic heterocycles. The summed E-state index contributed by atoms with van der Waals surface area (Å²) in [5.41, 5.74) is 5.63. The van der Waals surface area contributed by atoms with Crippen LogP contribution in [0.3, 0.4) is 0 Å². The SMILES string of the molecule is N/C(=N/O)C1CN(c2nccc3ccccc23)CCO1. The van der Waals surface area contributed by atoms with Crippen LogP contribution in [0.2, 0.25) is 0 Å². The predicted molar refractivity (Wildman–Crippen MR) is 77.1 cm³/mol. The average Bonchev–Trinajstić information content (AvgIpc) is 2.53. The van der Waals surface area contributed by atoms with E-state index in [1.54, 1.807) is 6.20 Å². The van der Waals surface area contributed by atoms with Gasteiger partial charge in [0.2, 0.25) is 0 Å². The van der Waals surface area contributed by atoms with Crippen molar-refractivity contribution in [2.45, 2.75) is 6.10 Å². The number of anilines is 1. The Hall–Kier alpha value is -2.34. The van der Waals surface area contributed by atoms with E-state index in [4.69, 9.17) is 15.7 Å². The second-order valence-corrected chi connectivity index (χ2v) is 4.69. The molecule has 20 heavy (non-hydrogen) atoms. The van der Waals surface area contributed by atoms with E-state index >= 15 is 0 Å². The monoisotopic (exact) mass is 272 g/mol. The van der Waals surface area contributed by atoms with Crippen molar-refractivity contribution in [2.24, 2.45) is 10.9 Å². The van der Waals surface area contributed by atoms with Crippen LogP contribution < -0.4 is 10.6 Å². The van der Waals surface area contributed by atoms with Crippen molar-refractivity contribution in [1.82, 2.24) is 4.98 Å². The lowest BCUT2D eigenvalue weighted by atomic mass is 10.1. The van der Waals surface area contributed by atoms with Crippen molar-refractivity contribution in [3.05, 3.63) is 36.5 Å². The van der Waals surface area contributed by atoms with Gasteiger partial charge in [-0.25, -0.2) is 4.98 Å². The zero-order valence-corrected chi connectivity index (χ0v) is 10.9. The standard InChI is InChI=1S/C14H16N4O2/c15-13(17-19)12-9-18(7-8-20-12)14-11-4-2-1-3-10(11)5-6-16-14/h1-6,12,19H,7-9H2,(H2,15,17). The van der Waals surface area contributed by atoms with Gasteiger partial charge in [0.15, 0.2) is 5.84 Å². The normalized spacial score (nSPS) is 20.3. The zero-order chi connectivity index (χ0) is 13.9. The van der Waals surface area contributed by atoms with Crippen LogP contribution in [0.1, 0.15) is 0 Å². The van der Waals surface area contributed by atoms with Gasteiger partial charge < -0.3 is 20.6 Å². The number of amidine groups is 1. The van der Waals surface area contributed by atoms with Crippen LogP contribution in [0, 0.1) is 0 Å². The summed E-state index contributed by atoms with van der Waals surface area (Å²) in [4.78, 5) is 6.58. The predicted octanol–water partition coefficient (Wildman–Crippen LogP) is 1.19. The van der Waals surface area contributed by atoms with Crippen LogP contribution in [0.4, 0.5) is 5.82 Å². The molecule has 0 amide bonds. The van der Waals surface area contributed by atoms with Gasteiger partial charge in [0.25, 0.3) is 0 Å². The van der Waals surface area contributed by atoms with Gasteiger partial charge in [-0.05, 0) is 11.5 Å². The molecule has 1 unspecified atom stereocenters. The third-order valence-electron chi connectivity index (χ3n) is 3.46. The summed E-state index contributed by atoms with van der Waals surface area (Å²) in [6.07, 6.45) is 1.39. The molecule has 2 aromatic rings. The lowest BCUT2D eigenvalue weighted by Gasteiger charge is -2.33. The Kier molecular flexibility index (Phi) is 3.39. The van der Waals surface area contributed by atoms with Crippen LogP contribution in [0.25, 0.3) is 10.8 Å². The summed E-state index contributed by atoms with van der Waals surface area (Å²) in [7, 11) is 0. The Balaban J connectivity index is 1.95. The average molecular weight is 272 g/mol. The minimum absolute atomic E-state index is 0.0925. The second kappa shape index (κ2) is 5.34. The fourth-order valence-corrected chi connectivity index (χ4v) is 2.44. The van der Waals surface area contributed by atoms with Crippen molar-refractivity contribution in [3.8, 4) is 0 Å². The van der Waals surface area contributed by atoms with E-state index in [2.05, 4.69) is 21.1 Å². The molecular formula is C14H16N4O2. The van der Waals surface area contributed by atoms with Gasteiger partial charge in [-0.3, -0.25) is 0 Å². The summed E-state index contributed by atoms with van der Waals surface area (Å²) < 4.78 is 5.51. The molecule has 3 N–H and O–H groups in total. The van der Waals surface area contributed by atoms with Gasteiger partial charge in [-0.2, -0.15) is 0 Å². The molecule has 6 nitrogen and oxygen atoms in total. The molecule has 1 aromatic heterocycles. The molecule has 0 aliphatic carbocycles. The number of nitrogens with zero attached hydrogens (tertiary/aromatic N) is 3. The van der Waals surface area contributed by atoms with Crippen LogP contribution in [-0.4, -0.2) is 41.8 Å². The van der Waals surface area contributed by atoms with E-state index < -0.39 is 6.10 Å². The first kappa shape index (κ1) is 12.7. The van der Waals surface area contributed by atoms with Gasteiger partial charge in [0, 0.05) is 18.1 Å². The highest BCUT2D eigenvalue weighted by Gasteiger charge is 2.25. The maximum atomic E-state index is 8.76. The molecule has 2 heterocycles. The molecule has 1 aromatic carbocycles. The molecule has 0 saturated carbocycles. The molecule has 1 atom stereocenters. The summed E-state index contributed by atoms with van der Waals surface area (Å²) >= 11 is 0. The first-order valence-corrected chi connectivity index (χ1v) is 6.47. The number of hydrogen-bond acceptors (Lipinski definition) is 5. The summed E-state index contributed by atoms with van der Waals surface area (Å²) in [5.74, 6) is 0.997. The van der Waals surface area contributed by atoms with Crippen LogP contribution in [-0.2, 0) is 4.74 Å². The molecule has 104 valence electrons. The fourth-order valence-electron chi connectivity index (χ4n) is 2.44. The number of aromatic nitrogens is 1. The number of oxime groups is 1. The maximum Gasteiger partial charge on any atom is 0.170 e. The molecule has 1 saturated heterocycles. The highest BCUT2D eigenvalue weighted by atomic mass is 16.5. The summed E-state index contributed by atoms with van der Waals surface area (Å²) in [5, 5.41) is 14.0. The summed E-state index contributed by atoms with van der Waals surface area (Å²) in [6.45, 7) is 1.78. The van der Waals surface area contributed by atoms with Crippen LogP contribution in [0.15, 0.2) is 41.7 Å². The largest absolute Gasteiger partial charge is 0.409 e. The minimum atomic E-state index is -0.408. The number of hydrogen-bond donors (Lipinski definition) is 2. The van der Waals surface area contributed by atoms with Crippen LogP contribution >= 0.6 is 0 Å². The molecule has 0 bridgehead atoms. The van der Waals surface area contributed by atoms with Gasteiger partial charge in [0.05, 0.1) is 13.2 Å². The smallest absolute Gasteiger partial charge is 0.170 e. The highest BCUT2D eigenvalue weighted by Crippen LogP contribution is 2.25. The maximum absolute atomic E-state index is 8.76. The highest BCUT2D eigenvalue weighted by molar-refractivity contribution is 5.92. The molecule has 6 heteroatoms. The number of benzene rings is 1. The molecule has 0 spiro atoms. The third kappa shape index (κ3) is 2.25. The lowest BCUT2D eigenvalue weighted by Crippen LogP contribution is -2.48. The van der Waals surface area contributed by atoms with Crippen molar-refractivity contribution in [3.63, 3.8) is 0 Å². The van der Waals surface area contributed by atoms with Crippen molar-refractivity contribution >= 4 is 22.4 Å². The third-order valence-corrected chi connectivity index (χ3v) is 3.46. The number of fused-ring (bicyclic) bond motifs is 1. The lowest BCUT2D eigenvalue weighted by molar-refractivity contribution is 0.0805. The van der Waals surface area contributed by atoms with E-state index in [9.17, 15) is 0 Å². The van der Waals surface area contributed by atoms with Crippen molar-refractivity contribution < 1.29 is 9.94 Å². The topological polar surface area (TPSA) is 84.0 Å². The number of nitrogens with two attached hydrogens (primary N) is 1. The zero-order valence-electron chi connectivity index (χ0n) is 10.9. The Morgan fingerprint density at radius 2 is 2.25 bits per heavy atom. The van der Waals surface area contributed by atoms with Gasteiger partial charge in [-0.1, -0.05) is 29.4 Å². The van der Waals surface area contributed by atoms with Gasteiger partial charge in [-0.15, -0.1) is 0 Å². The minimum Gasteiger partial charge on any atom is -0.409 e. The molecule has 0 radical (unpaired) electrons. The van der Waals surface area contributed by atoms with E-state index in [0.717, 1.165) is 23.1 Å². The molecule has 1 fully saturated rings. The number of ether oxygens (including phenoxy) is 1. The quantitative estimate of drug-likeness (QED) is 0.371. The molecule has 3 rings (SSSR count). The van der Waals surface area contributed by atoms with E-state index in [1.165, 1.54) is 0 Å². The Morgan fingerprint density at radius 3 is 3.10 bits per heavy atom. The number of pyridine rings is 1. The van der Waals surface area contributed by atoms with Crippen molar-refractivity contribution in [1.29, 1.82) is 0 Å². The Morgan fingerprint density at radius 1 is 1.40 bits per heavy atom. The first-order chi connectivity index (χ1) is 9.79. The van der Waals surface area contributed by atoms with Crippen molar-refractivity contribution in [2.75, 3.05) is 24.6 Å². The summed E-state index contributed by atoms with van der Waals surface area (Å²) in [6, 6.07) is 10.1. The van der Waals surface area contributed by atoms with Gasteiger partial charge in [0.1, 0.15) is 11.9 Å². The Bertz CT molecular complexity index is 639. The Labute approximate surface area is 116 Å². The van der Waals surface area contributed by atoms with E-state index in [-0.39, 0.29) is 5.84 Å². The number of rotatable bonds is 2. The van der Waals surface area contributed by atoms with E-state index in [1.807, 2.05) is 24.3 Å². The second-order valence-electron chi connectivity index (χ2n) is 4.69. The first-order valence-electron chi connectivity index (χ1n) is 6.47. The fraction of sp³-hybridized carbons (Fsp3) is 0.286. The number of morpholine rings is 1.